The summed E-state index contributed by atoms with van der Waals surface area (Å²) in [5.41, 5.74) is 4.36. The molecule has 0 unspecified atom stereocenters. The van der Waals surface area contributed by atoms with E-state index in [2.05, 4.69) is 37.8 Å². The van der Waals surface area contributed by atoms with Gasteiger partial charge in [-0.3, -0.25) is 9.69 Å². The van der Waals surface area contributed by atoms with Crippen LogP contribution in [0.25, 0.3) is 0 Å². The van der Waals surface area contributed by atoms with Crippen molar-refractivity contribution in [2.75, 3.05) is 19.6 Å². The minimum absolute atomic E-state index is 0.261. The first-order valence-corrected chi connectivity index (χ1v) is 7.33. The zero-order valence-corrected chi connectivity index (χ0v) is 13.0. The van der Waals surface area contributed by atoms with Gasteiger partial charge < -0.3 is 0 Å². The van der Waals surface area contributed by atoms with Gasteiger partial charge in [-0.05, 0) is 57.8 Å². The third-order valence-corrected chi connectivity index (χ3v) is 3.40. The summed E-state index contributed by atoms with van der Waals surface area (Å²) >= 11 is 0. The minimum atomic E-state index is 0.261. The maximum absolute atomic E-state index is 12.5. The van der Waals surface area contributed by atoms with E-state index in [1.807, 2.05) is 13.8 Å². The van der Waals surface area contributed by atoms with Crippen LogP contribution in [0.4, 0.5) is 0 Å². The van der Waals surface area contributed by atoms with Gasteiger partial charge >= 0.3 is 0 Å². The summed E-state index contributed by atoms with van der Waals surface area (Å²) in [6, 6.07) is 4.20. The van der Waals surface area contributed by atoms with Crippen LogP contribution >= 0.6 is 0 Å². The lowest BCUT2D eigenvalue weighted by atomic mass is 9.96. The third-order valence-electron chi connectivity index (χ3n) is 3.40. The molecular formula is C17H27NO. The molecule has 19 heavy (non-hydrogen) atoms. The Morgan fingerprint density at radius 1 is 1.00 bits per heavy atom. The number of ketones is 1. The van der Waals surface area contributed by atoms with Crippen LogP contribution in [-0.4, -0.2) is 30.3 Å². The van der Waals surface area contributed by atoms with Crippen LogP contribution in [0.15, 0.2) is 12.1 Å². The number of rotatable bonds is 7. The van der Waals surface area contributed by atoms with Gasteiger partial charge in [-0.25, -0.2) is 0 Å². The molecule has 0 spiro atoms. The van der Waals surface area contributed by atoms with E-state index in [1.165, 1.54) is 5.56 Å². The molecule has 0 aliphatic rings. The molecule has 0 aliphatic heterocycles. The van der Waals surface area contributed by atoms with Crippen molar-refractivity contribution in [1.82, 2.24) is 4.90 Å². The fourth-order valence-electron chi connectivity index (χ4n) is 2.80. The number of Topliss-reactive ketones (excluding diaryl/α,β-unsaturated/α-hetero) is 1. The van der Waals surface area contributed by atoms with Crippen molar-refractivity contribution < 1.29 is 4.79 Å². The molecule has 0 N–H and O–H groups in total. The fraction of sp³-hybridized carbons (Fsp3) is 0.588. The first-order valence-electron chi connectivity index (χ1n) is 7.33. The number of hydrogen-bond acceptors (Lipinski definition) is 2. The summed E-state index contributed by atoms with van der Waals surface area (Å²) in [7, 11) is 0. The van der Waals surface area contributed by atoms with Crippen molar-refractivity contribution in [3.8, 4) is 0 Å². The van der Waals surface area contributed by atoms with Crippen LogP contribution in [0, 0.1) is 20.8 Å². The summed E-state index contributed by atoms with van der Waals surface area (Å²) in [4.78, 5) is 14.8. The van der Waals surface area contributed by atoms with E-state index in [4.69, 9.17) is 0 Å². The Morgan fingerprint density at radius 2 is 1.47 bits per heavy atom. The molecule has 106 valence electrons. The minimum Gasteiger partial charge on any atom is -0.296 e. The van der Waals surface area contributed by atoms with Gasteiger partial charge in [0, 0.05) is 5.56 Å². The monoisotopic (exact) mass is 261 g/mol. The summed E-state index contributed by atoms with van der Waals surface area (Å²) in [5, 5.41) is 0. The lowest BCUT2D eigenvalue weighted by Crippen LogP contribution is -2.32. The second-order valence-corrected chi connectivity index (χ2v) is 5.47. The van der Waals surface area contributed by atoms with Gasteiger partial charge in [0.05, 0.1) is 6.54 Å². The topological polar surface area (TPSA) is 20.3 Å². The fourth-order valence-corrected chi connectivity index (χ4v) is 2.80. The molecule has 1 aromatic rings. The van der Waals surface area contributed by atoms with E-state index in [9.17, 15) is 4.79 Å². The zero-order chi connectivity index (χ0) is 14.4. The molecule has 0 fully saturated rings. The van der Waals surface area contributed by atoms with Crippen molar-refractivity contribution in [3.63, 3.8) is 0 Å². The van der Waals surface area contributed by atoms with Crippen LogP contribution in [0.2, 0.25) is 0 Å². The first kappa shape index (κ1) is 15.9. The molecule has 0 bridgehead atoms. The molecule has 1 rings (SSSR count). The Kier molecular flexibility index (Phi) is 6.23. The Labute approximate surface area is 117 Å². The van der Waals surface area contributed by atoms with Crippen LogP contribution in [0.5, 0.6) is 0 Å². The van der Waals surface area contributed by atoms with E-state index < -0.39 is 0 Å². The number of carbonyl (C=O) groups is 1. The molecular weight excluding hydrogens is 234 g/mol. The van der Waals surface area contributed by atoms with Gasteiger partial charge in [-0.1, -0.05) is 31.5 Å². The van der Waals surface area contributed by atoms with Crippen molar-refractivity contribution in [2.45, 2.75) is 47.5 Å². The molecule has 0 saturated heterocycles. The van der Waals surface area contributed by atoms with E-state index in [0.717, 1.165) is 42.6 Å². The van der Waals surface area contributed by atoms with Crippen LogP contribution in [0.1, 0.15) is 53.7 Å². The average Bonchev–Trinajstić information content (AvgIpc) is 2.27. The standard InChI is InChI=1S/C17H27NO/c1-6-8-18(9-7-2)12-16(19)17-14(4)10-13(3)11-15(17)5/h10-11H,6-9,12H2,1-5H3. The number of carbonyl (C=O) groups excluding carboxylic acids is 1. The SMILES string of the molecule is CCCN(CCC)CC(=O)c1c(C)cc(C)cc1C. The van der Waals surface area contributed by atoms with Gasteiger partial charge in [0.1, 0.15) is 0 Å². The molecule has 0 saturated carbocycles. The zero-order valence-electron chi connectivity index (χ0n) is 13.0. The molecule has 1 aromatic carbocycles. The normalized spacial score (nSPS) is 11.1. The Morgan fingerprint density at radius 3 is 1.89 bits per heavy atom. The maximum Gasteiger partial charge on any atom is 0.177 e. The molecule has 0 aromatic heterocycles. The number of nitrogens with zero attached hydrogens (tertiary/aromatic N) is 1. The highest BCUT2D eigenvalue weighted by molar-refractivity contribution is 6.00. The van der Waals surface area contributed by atoms with Gasteiger partial charge in [-0.2, -0.15) is 0 Å². The van der Waals surface area contributed by atoms with E-state index in [1.54, 1.807) is 0 Å². The molecule has 0 radical (unpaired) electrons. The highest BCUT2D eigenvalue weighted by Gasteiger charge is 2.15. The average molecular weight is 261 g/mol. The second-order valence-electron chi connectivity index (χ2n) is 5.47. The van der Waals surface area contributed by atoms with Crippen molar-refractivity contribution in [3.05, 3.63) is 34.4 Å². The molecule has 0 amide bonds. The van der Waals surface area contributed by atoms with Crippen molar-refractivity contribution in [2.24, 2.45) is 0 Å². The maximum atomic E-state index is 12.5. The highest BCUT2D eigenvalue weighted by Crippen LogP contribution is 2.17. The summed E-state index contributed by atoms with van der Waals surface area (Å²) in [6.07, 6.45) is 2.19. The Bertz CT molecular complexity index is 408. The number of aryl methyl sites for hydroxylation is 3. The van der Waals surface area contributed by atoms with Crippen LogP contribution in [0.3, 0.4) is 0 Å². The third kappa shape index (κ3) is 4.46. The Hall–Kier alpha value is -1.15. The molecule has 2 nitrogen and oxygen atoms in total. The predicted molar refractivity (Wildman–Crippen MR) is 82.0 cm³/mol. The van der Waals surface area contributed by atoms with Crippen molar-refractivity contribution >= 4 is 5.78 Å². The lowest BCUT2D eigenvalue weighted by Gasteiger charge is -2.21. The van der Waals surface area contributed by atoms with Gasteiger partial charge in [-0.15, -0.1) is 0 Å². The van der Waals surface area contributed by atoms with E-state index in [-0.39, 0.29) is 5.78 Å². The largest absolute Gasteiger partial charge is 0.296 e. The van der Waals surface area contributed by atoms with Crippen molar-refractivity contribution in [1.29, 1.82) is 0 Å². The molecule has 0 aliphatic carbocycles. The van der Waals surface area contributed by atoms with Gasteiger partial charge in [0.15, 0.2) is 5.78 Å². The smallest absolute Gasteiger partial charge is 0.177 e. The molecule has 0 atom stereocenters. The van der Waals surface area contributed by atoms with Crippen LogP contribution < -0.4 is 0 Å². The van der Waals surface area contributed by atoms with E-state index in [0.29, 0.717) is 6.54 Å². The lowest BCUT2D eigenvalue weighted by molar-refractivity contribution is 0.0929. The van der Waals surface area contributed by atoms with Crippen LogP contribution in [-0.2, 0) is 0 Å². The Balaban J connectivity index is 2.88. The quantitative estimate of drug-likeness (QED) is 0.693. The number of benzene rings is 1. The highest BCUT2D eigenvalue weighted by atomic mass is 16.1. The van der Waals surface area contributed by atoms with E-state index >= 15 is 0 Å². The van der Waals surface area contributed by atoms with Gasteiger partial charge in [0.2, 0.25) is 0 Å². The summed E-state index contributed by atoms with van der Waals surface area (Å²) < 4.78 is 0. The predicted octanol–water partition coefficient (Wildman–Crippen LogP) is 3.92. The number of hydrogen-bond donors (Lipinski definition) is 0. The molecule has 2 heteroatoms. The van der Waals surface area contributed by atoms with Gasteiger partial charge in [0.25, 0.3) is 0 Å². The second kappa shape index (κ2) is 7.44. The summed E-state index contributed by atoms with van der Waals surface area (Å²) in [6.45, 7) is 13.0. The molecule has 0 heterocycles. The first-order chi connectivity index (χ1) is 8.99. The summed E-state index contributed by atoms with van der Waals surface area (Å²) in [5.74, 6) is 0.261.